The molecule has 0 spiro atoms. The third-order valence-corrected chi connectivity index (χ3v) is 6.44. The van der Waals surface area contributed by atoms with Gasteiger partial charge in [-0.25, -0.2) is 13.4 Å². The Hall–Kier alpha value is -1.04. The quantitative estimate of drug-likeness (QED) is 0.932. The van der Waals surface area contributed by atoms with E-state index in [1.54, 1.807) is 0 Å². The second-order valence-electron chi connectivity index (χ2n) is 6.50. The number of hydrogen-bond acceptors (Lipinski definition) is 4. The molecular weight excluding hydrogens is 286 g/mol. The molecule has 1 unspecified atom stereocenters. The summed E-state index contributed by atoms with van der Waals surface area (Å²) in [4.78, 5) is 4.58. The molecule has 0 bridgehead atoms. The summed E-state index contributed by atoms with van der Waals surface area (Å²) in [5.41, 5.74) is 1.00. The molecule has 0 amide bonds. The van der Waals surface area contributed by atoms with Crippen LogP contribution in [0.2, 0.25) is 0 Å². The molecule has 3 rings (SSSR count). The van der Waals surface area contributed by atoms with Gasteiger partial charge in [0.15, 0.2) is 9.84 Å². The van der Waals surface area contributed by atoms with Crippen LogP contribution in [0, 0.1) is 6.92 Å². The lowest BCUT2D eigenvalue weighted by molar-refractivity contribution is 0.355. The van der Waals surface area contributed by atoms with Crippen molar-refractivity contribution in [2.75, 3.05) is 16.8 Å². The summed E-state index contributed by atoms with van der Waals surface area (Å²) in [5.74, 6) is 1.44. The zero-order valence-electron chi connectivity index (χ0n) is 12.7. The molecule has 1 saturated heterocycles. The third kappa shape index (κ3) is 3.59. The Bertz CT molecular complexity index is 588. The molecule has 1 N–H and O–H groups in total. The number of aromatic nitrogens is 2. The monoisotopic (exact) mass is 311 g/mol. The number of nitrogens with zero attached hydrogens (tertiary/aromatic N) is 2. The SMILES string of the molecule is Cc1cn(C2CCCCC2)c(NC2CCCS(=O)(=O)C2)n1. The van der Waals surface area contributed by atoms with Gasteiger partial charge in [0.1, 0.15) is 0 Å². The fourth-order valence-corrected chi connectivity index (χ4v) is 5.22. The predicted octanol–water partition coefficient (Wildman–Crippen LogP) is 2.69. The van der Waals surface area contributed by atoms with Gasteiger partial charge in [-0.15, -0.1) is 0 Å². The van der Waals surface area contributed by atoms with Crippen molar-refractivity contribution in [2.24, 2.45) is 0 Å². The minimum atomic E-state index is -2.88. The standard InChI is InChI=1S/C15H25N3O2S/c1-12-10-18(14-7-3-2-4-8-14)15(16-12)17-13-6-5-9-21(19,20)11-13/h10,13-14H,2-9,11H2,1H3,(H,16,17). The van der Waals surface area contributed by atoms with Gasteiger partial charge in [-0.3, -0.25) is 0 Å². The van der Waals surface area contributed by atoms with Crippen molar-refractivity contribution >= 4 is 15.8 Å². The van der Waals surface area contributed by atoms with Crippen LogP contribution in [0.4, 0.5) is 5.95 Å². The Morgan fingerprint density at radius 1 is 1.19 bits per heavy atom. The van der Waals surface area contributed by atoms with Gasteiger partial charge in [0.2, 0.25) is 5.95 Å². The second-order valence-corrected chi connectivity index (χ2v) is 8.73. The van der Waals surface area contributed by atoms with E-state index in [2.05, 4.69) is 21.1 Å². The van der Waals surface area contributed by atoms with Crippen molar-refractivity contribution in [2.45, 2.75) is 64.0 Å². The first-order valence-corrected chi connectivity index (χ1v) is 9.88. The van der Waals surface area contributed by atoms with E-state index in [-0.39, 0.29) is 11.8 Å². The number of imidazole rings is 1. The Morgan fingerprint density at radius 2 is 1.95 bits per heavy atom. The lowest BCUT2D eigenvalue weighted by Gasteiger charge is -2.28. The summed E-state index contributed by atoms with van der Waals surface area (Å²) < 4.78 is 25.8. The number of hydrogen-bond donors (Lipinski definition) is 1. The third-order valence-electron chi connectivity index (χ3n) is 4.62. The zero-order valence-corrected chi connectivity index (χ0v) is 13.5. The van der Waals surface area contributed by atoms with Gasteiger partial charge in [0.05, 0.1) is 17.2 Å². The first-order chi connectivity index (χ1) is 10.0. The number of rotatable bonds is 3. The summed E-state index contributed by atoms with van der Waals surface area (Å²) in [5, 5.41) is 3.40. The average Bonchev–Trinajstić information content (AvgIpc) is 2.79. The molecule has 1 atom stereocenters. The van der Waals surface area contributed by atoms with Gasteiger partial charge in [0.25, 0.3) is 0 Å². The number of nitrogens with one attached hydrogen (secondary N) is 1. The van der Waals surface area contributed by atoms with Crippen molar-refractivity contribution in [3.05, 3.63) is 11.9 Å². The van der Waals surface area contributed by atoms with Crippen LogP contribution in [0.25, 0.3) is 0 Å². The summed E-state index contributed by atoms with van der Waals surface area (Å²) in [6, 6.07) is 0.524. The molecule has 0 aromatic carbocycles. The maximum Gasteiger partial charge on any atom is 0.203 e. The summed E-state index contributed by atoms with van der Waals surface area (Å²) in [6.07, 6.45) is 10.1. The van der Waals surface area contributed by atoms with E-state index in [9.17, 15) is 8.42 Å². The van der Waals surface area contributed by atoms with Gasteiger partial charge in [-0.1, -0.05) is 19.3 Å². The molecule has 1 saturated carbocycles. The highest BCUT2D eigenvalue weighted by Gasteiger charge is 2.27. The van der Waals surface area contributed by atoms with Crippen molar-refractivity contribution in [1.82, 2.24) is 9.55 Å². The highest BCUT2D eigenvalue weighted by atomic mass is 32.2. The molecule has 5 nitrogen and oxygen atoms in total. The Balaban J connectivity index is 1.75. The molecule has 2 aliphatic rings. The van der Waals surface area contributed by atoms with Crippen LogP contribution in [0.15, 0.2) is 6.20 Å². The summed E-state index contributed by atoms with van der Waals surface area (Å²) in [6.45, 7) is 2.00. The molecule has 1 aromatic heterocycles. The fraction of sp³-hybridized carbons (Fsp3) is 0.800. The molecule has 2 fully saturated rings. The maximum atomic E-state index is 11.8. The second kappa shape index (κ2) is 5.99. The summed E-state index contributed by atoms with van der Waals surface area (Å²) in [7, 11) is -2.88. The van der Waals surface area contributed by atoms with Crippen molar-refractivity contribution in [3.63, 3.8) is 0 Å². The molecule has 1 aliphatic carbocycles. The van der Waals surface area contributed by atoms with Gasteiger partial charge in [-0.2, -0.15) is 0 Å². The first kappa shape index (κ1) is 14.9. The highest BCUT2D eigenvalue weighted by molar-refractivity contribution is 7.91. The molecule has 21 heavy (non-hydrogen) atoms. The average molecular weight is 311 g/mol. The normalized spacial score (nSPS) is 26.6. The lowest BCUT2D eigenvalue weighted by atomic mass is 9.95. The predicted molar refractivity (Wildman–Crippen MR) is 84.4 cm³/mol. The van der Waals surface area contributed by atoms with Crippen LogP contribution in [-0.4, -0.2) is 35.5 Å². The first-order valence-electron chi connectivity index (χ1n) is 8.06. The minimum Gasteiger partial charge on any atom is -0.352 e. The van der Waals surface area contributed by atoms with E-state index >= 15 is 0 Å². The van der Waals surface area contributed by atoms with Crippen molar-refractivity contribution < 1.29 is 8.42 Å². The smallest absolute Gasteiger partial charge is 0.203 e. The van der Waals surface area contributed by atoms with Crippen LogP contribution in [-0.2, 0) is 9.84 Å². The van der Waals surface area contributed by atoms with Gasteiger partial charge in [0, 0.05) is 18.3 Å². The molecule has 1 aromatic rings. The van der Waals surface area contributed by atoms with Gasteiger partial charge < -0.3 is 9.88 Å². The van der Waals surface area contributed by atoms with Crippen molar-refractivity contribution in [3.8, 4) is 0 Å². The molecule has 6 heteroatoms. The van der Waals surface area contributed by atoms with Crippen molar-refractivity contribution in [1.29, 1.82) is 0 Å². The Morgan fingerprint density at radius 3 is 2.67 bits per heavy atom. The molecule has 118 valence electrons. The van der Waals surface area contributed by atoms with Crippen LogP contribution in [0.5, 0.6) is 0 Å². The van der Waals surface area contributed by atoms with Crippen LogP contribution >= 0.6 is 0 Å². The number of aryl methyl sites for hydroxylation is 1. The van der Waals surface area contributed by atoms with E-state index in [4.69, 9.17) is 0 Å². The maximum absolute atomic E-state index is 11.8. The molecule has 0 radical (unpaired) electrons. The molecule has 1 aliphatic heterocycles. The number of anilines is 1. The van der Waals surface area contributed by atoms with E-state index in [0.29, 0.717) is 11.8 Å². The molecular formula is C15H25N3O2S. The lowest BCUT2D eigenvalue weighted by Crippen LogP contribution is -2.35. The zero-order chi connectivity index (χ0) is 14.9. The largest absolute Gasteiger partial charge is 0.352 e. The van der Waals surface area contributed by atoms with Gasteiger partial charge >= 0.3 is 0 Å². The summed E-state index contributed by atoms with van der Waals surface area (Å²) >= 11 is 0. The van der Waals surface area contributed by atoms with Crippen LogP contribution < -0.4 is 5.32 Å². The van der Waals surface area contributed by atoms with Crippen LogP contribution in [0.3, 0.4) is 0 Å². The fourth-order valence-electron chi connectivity index (χ4n) is 3.58. The highest BCUT2D eigenvalue weighted by Crippen LogP contribution is 2.31. The number of sulfone groups is 1. The molecule has 2 heterocycles. The minimum absolute atomic E-state index is 0.00731. The van der Waals surface area contributed by atoms with E-state index in [1.807, 2.05) is 6.92 Å². The van der Waals surface area contributed by atoms with E-state index < -0.39 is 9.84 Å². The van der Waals surface area contributed by atoms with Crippen LogP contribution in [0.1, 0.15) is 56.7 Å². The van der Waals surface area contributed by atoms with E-state index in [0.717, 1.165) is 24.5 Å². The Kier molecular flexibility index (Phi) is 4.24. The van der Waals surface area contributed by atoms with E-state index in [1.165, 1.54) is 32.1 Å². The van der Waals surface area contributed by atoms with Gasteiger partial charge in [-0.05, 0) is 32.6 Å². The Labute approximate surface area is 127 Å². The topological polar surface area (TPSA) is 64.0 Å².